The molecule has 1 aromatic rings. The Morgan fingerprint density at radius 3 is 2.79 bits per heavy atom. The molecule has 5 heteroatoms. The first-order valence-electron chi connectivity index (χ1n) is 4.70. The van der Waals surface area contributed by atoms with Gasteiger partial charge in [0.15, 0.2) is 0 Å². The van der Waals surface area contributed by atoms with Crippen molar-refractivity contribution in [1.29, 1.82) is 0 Å². The topological polar surface area (TPSA) is 64.1 Å². The van der Waals surface area contributed by atoms with Crippen molar-refractivity contribution in [3.05, 3.63) is 16.4 Å². The van der Waals surface area contributed by atoms with Crippen LogP contribution in [0, 0.1) is 6.92 Å². The largest absolute Gasteiger partial charge is 0.391 e. The summed E-state index contributed by atoms with van der Waals surface area (Å²) in [5.41, 5.74) is 7.01. The molecule has 80 valence electrons. The molecule has 0 saturated heterocycles. The highest BCUT2D eigenvalue weighted by atomic mass is 35.5. The summed E-state index contributed by atoms with van der Waals surface area (Å²) >= 11 is 6.06. The van der Waals surface area contributed by atoms with E-state index in [-0.39, 0.29) is 6.54 Å². The first kappa shape index (κ1) is 11.5. The Morgan fingerprint density at radius 2 is 2.29 bits per heavy atom. The molecule has 0 aliphatic carbocycles. The average molecular weight is 218 g/mol. The quantitative estimate of drug-likeness (QED) is 0.782. The van der Waals surface area contributed by atoms with Crippen LogP contribution in [0.4, 0.5) is 0 Å². The normalized spacial score (nSPS) is 13.2. The second kappa shape index (κ2) is 4.77. The molecule has 0 aliphatic rings. The summed E-state index contributed by atoms with van der Waals surface area (Å²) < 4.78 is 1.80. The Morgan fingerprint density at radius 1 is 1.64 bits per heavy atom. The minimum Gasteiger partial charge on any atom is -0.391 e. The molecule has 0 saturated carbocycles. The zero-order chi connectivity index (χ0) is 10.7. The average Bonchev–Trinajstić information content (AvgIpc) is 2.45. The highest BCUT2D eigenvalue weighted by Crippen LogP contribution is 2.21. The van der Waals surface area contributed by atoms with E-state index in [9.17, 15) is 5.11 Å². The van der Waals surface area contributed by atoms with Gasteiger partial charge < -0.3 is 10.8 Å². The van der Waals surface area contributed by atoms with Crippen molar-refractivity contribution < 1.29 is 5.11 Å². The number of halogens is 1. The fraction of sp³-hybridized carbons (Fsp3) is 0.667. The minimum atomic E-state index is -0.547. The second-order valence-corrected chi connectivity index (χ2v) is 3.63. The third kappa shape index (κ3) is 2.26. The van der Waals surface area contributed by atoms with E-state index < -0.39 is 6.10 Å². The smallest absolute Gasteiger partial charge is 0.0848 e. The maximum atomic E-state index is 9.44. The molecule has 0 aromatic carbocycles. The third-order valence-corrected chi connectivity index (χ3v) is 2.65. The van der Waals surface area contributed by atoms with E-state index in [0.29, 0.717) is 11.4 Å². The first-order chi connectivity index (χ1) is 6.60. The van der Waals surface area contributed by atoms with Crippen LogP contribution in [-0.2, 0) is 13.0 Å². The van der Waals surface area contributed by atoms with Crippen LogP contribution in [0.5, 0.6) is 0 Å². The fourth-order valence-corrected chi connectivity index (χ4v) is 1.58. The summed E-state index contributed by atoms with van der Waals surface area (Å²) in [4.78, 5) is 0. The predicted octanol–water partition coefficient (Wildman–Crippen LogP) is 0.727. The maximum Gasteiger partial charge on any atom is 0.0848 e. The van der Waals surface area contributed by atoms with E-state index in [4.69, 9.17) is 17.3 Å². The van der Waals surface area contributed by atoms with E-state index >= 15 is 0 Å². The van der Waals surface area contributed by atoms with Gasteiger partial charge in [-0.05, 0) is 13.8 Å². The molecule has 0 amide bonds. The fourth-order valence-electron chi connectivity index (χ4n) is 1.37. The summed E-state index contributed by atoms with van der Waals surface area (Å²) in [5.74, 6) is 0. The van der Waals surface area contributed by atoms with Gasteiger partial charge in [-0.2, -0.15) is 5.10 Å². The molecule has 0 aliphatic heterocycles. The van der Waals surface area contributed by atoms with E-state index in [2.05, 4.69) is 5.10 Å². The molecule has 0 radical (unpaired) electrons. The lowest BCUT2D eigenvalue weighted by molar-refractivity contribution is 0.180. The van der Waals surface area contributed by atoms with Crippen molar-refractivity contribution in [2.24, 2.45) is 5.73 Å². The van der Waals surface area contributed by atoms with Crippen LogP contribution in [0.2, 0.25) is 5.02 Å². The number of hydrogen-bond donors (Lipinski definition) is 2. The number of rotatable bonds is 4. The van der Waals surface area contributed by atoms with E-state index in [1.807, 2.05) is 13.8 Å². The highest BCUT2D eigenvalue weighted by molar-refractivity contribution is 6.31. The summed E-state index contributed by atoms with van der Waals surface area (Å²) in [5, 5.41) is 14.3. The van der Waals surface area contributed by atoms with Gasteiger partial charge in [0.05, 0.1) is 22.5 Å². The molecule has 0 bridgehead atoms. The third-order valence-electron chi connectivity index (χ3n) is 2.15. The summed E-state index contributed by atoms with van der Waals surface area (Å²) in [6, 6.07) is 0. The summed E-state index contributed by atoms with van der Waals surface area (Å²) in [7, 11) is 0. The van der Waals surface area contributed by atoms with E-state index in [0.717, 1.165) is 17.9 Å². The number of hydrogen-bond acceptors (Lipinski definition) is 3. The predicted molar refractivity (Wildman–Crippen MR) is 56.4 cm³/mol. The zero-order valence-corrected chi connectivity index (χ0v) is 9.25. The van der Waals surface area contributed by atoms with Crippen molar-refractivity contribution in [3.8, 4) is 0 Å². The van der Waals surface area contributed by atoms with Gasteiger partial charge in [0.25, 0.3) is 0 Å². The number of nitrogens with zero attached hydrogens (tertiary/aromatic N) is 2. The van der Waals surface area contributed by atoms with Crippen molar-refractivity contribution >= 4 is 11.6 Å². The van der Waals surface area contributed by atoms with Gasteiger partial charge in [0, 0.05) is 19.5 Å². The minimum absolute atomic E-state index is 0.240. The number of aryl methyl sites for hydroxylation is 2. The van der Waals surface area contributed by atoms with Crippen molar-refractivity contribution in [2.45, 2.75) is 32.9 Å². The number of nitrogens with two attached hydrogens (primary N) is 1. The summed E-state index contributed by atoms with van der Waals surface area (Å²) in [6.45, 7) is 4.83. The molecule has 1 atom stereocenters. The molecule has 1 unspecified atom stereocenters. The molecule has 0 spiro atoms. The molecule has 4 nitrogen and oxygen atoms in total. The van der Waals surface area contributed by atoms with Gasteiger partial charge in [-0.1, -0.05) is 11.6 Å². The van der Waals surface area contributed by atoms with E-state index in [1.54, 1.807) is 4.68 Å². The Kier molecular flexibility index (Phi) is 3.92. The van der Waals surface area contributed by atoms with Crippen LogP contribution < -0.4 is 5.73 Å². The molecule has 1 heterocycles. The molecule has 1 aromatic heterocycles. The molecule has 3 N–H and O–H groups in total. The Hall–Kier alpha value is -0.580. The number of aliphatic hydroxyl groups excluding tert-OH is 1. The van der Waals surface area contributed by atoms with Gasteiger partial charge in [-0.15, -0.1) is 0 Å². The maximum absolute atomic E-state index is 9.44. The molecule has 14 heavy (non-hydrogen) atoms. The van der Waals surface area contributed by atoms with Crippen LogP contribution in [0.15, 0.2) is 0 Å². The lowest BCUT2D eigenvalue weighted by Crippen LogP contribution is -2.23. The Bertz CT molecular complexity index is 311. The highest BCUT2D eigenvalue weighted by Gasteiger charge is 2.15. The van der Waals surface area contributed by atoms with E-state index in [1.165, 1.54) is 0 Å². The number of aromatic nitrogens is 2. The monoisotopic (exact) mass is 217 g/mol. The molecular weight excluding hydrogens is 202 g/mol. The van der Waals surface area contributed by atoms with Crippen molar-refractivity contribution in [3.63, 3.8) is 0 Å². The lowest BCUT2D eigenvalue weighted by atomic mass is 10.2. The van der Waals surface area contributed by atoms with Crippen molar-refractivity contribution in [2.75, 3.05) is 6.54 Å². The van der Waals surface area contributed by atoms with Crippen LogP contribution in [-0.4, -0.2) is 27.5 Å². The first-order valence-corrected chi connectivity index (χ1v) is 5.07. The molecule has 0 fully saturated rings. The van der Waals surface area contributed by atoms with Gasteiger partial charge in [-0.25, -0.2) is 0 Å². The van der Waals surface area contributed by atoms with Gasteiger partial charge >= 0.3 is 0 Å². The van der Waals surface area contributed by atoms with Crippen LogP contribution >= 0.6 is 11.6 Å². The van der Waals surface area contributed by atoms with Gasteiger partial charge in [-0.3, -0.25) is 4.68 Å². The zero-order valence-electron chi connectivity index (χ0n) is 8.50. The Labute approximate surface area is 88.7 Å². The number of aliphatic hydroxyl groups is 1. The van der Waals surface area contributed by atoms with Gasteiger partial charge in [0.2, 0.25) is 0 Å². The summed E-state index contributed by atoms with van der Waals surface area (Å²) in [6.07, 6.45) is -0.0850. The molecular formula is C9H16ClN3O. The van der Waals surface area contributed by atoms with Crippen LogP contribution in [0.3, 0.4) is 0 Å². The van der Waals surface area contributed by atoms with Crippen molar-refractivity contribution in [1.82, 2.24) is 9.78 Å². The molecule has 1 rings (SSSR count). The van der Waals surface area contributed by atoms with Gasteiger partial charge in [0.1, 0.15) is 0 Å². The standard InChI is InChI=1S/C9H16ClN3O/c1-3-13-8(4-7(14)5-11)9(10)6(2)12-13/h7,14H,3-5,11H2,1-2H3. The SMILES string of the molecule is CCn1nc(C)c(Cl)c1CC(O)CN. The lowest BCUT2D eigenvalue weighted by Gasteiger charge is -2.09. The van der Waals surface area contributed by atoms with Crippen LogP contribution in [0.1, 0.15) is 18.3 Å². The Balaban J connectivity index is 2.93. The second-order valence-electron chi connectivity index (χ2n) is 3.26. The van der Waals surface area contributed by atoms with Crippen LogP contribution in [0.25, 0.3) is 0 Å².